The minimum atomic E-state index is -0.0988. The zero-order valence-corrected chi connectivity index (χ0v) is 37.5. The third kappa shape index (κ3) is 42.1. The van der Waals surface area contributed by atoms with E-state index in [-0.39, 0.29) is 5.97 Å². The quantitative estimate of drug-likeness (QED) is 0.0375. The first kappa shape index (κ1) is 51.7. The maximum Gasteiger partial charge on any atom is 0.311 e. The minimum absolute atomic E-state index is 0.0988. The number of para-hydroxylation sites is 1. The van der Waals surface area contributed by atoms with Crippen LogP contribution in [-0.4, -0.2) is 5.97 Å². The summed E-state index contributed by atoms with van der Waals surface area (Å²) >= 11 is 0. The van der Waals surface area contributed by atoms with E-state index in [9.17, 15) is 4.79 Å². The van der Waals surface area contributed by atoms with Gasteiger partial charge in [-0.3, -0.25) is 4.79 Å². The summed E-state index contributed by atoms with van der Waals surface area (Å²) in [5.74, 6) is 0.558. The lowest BCUT2D eigenvalue weighted by atomic mass is 10.0. The van der Waals surface area contributed by atoms with Gasteiger partial charge in [0.2, 0.25) is 0 Å². The Morgan fingerprint density at radius 3 is 0.727 bits per heavy atom. The topological polar surface area (TPSA) is 26.3 Å². The molecule has 0 fully saturated rings. The molecule has 0 spiro atoms. The number of hydrogen-bond acceptors (Lipinski definition) is 2. The Morgan fingerprint density at radius 1 is 0.309 bits per heavy atom. The van der Waals surface area contributed by atoms with Crippen LogP contribution in [0.4, 0.5) is 0 Å². The molecule has 0 unspecified atom stereocenters. The molecule has 55 heavy (non-hydrogen) atoms. The summed E-state index contributed by atoms with van der Waals surface area (Å²) < 4.78 is 5.36. The van der Waals surface area contributed by atoms with Crippen molar-refractivity contribution in [2.24, 2.45) is 0 Å². The first-order valence-electron chi connectivity index (χ1n) is 25.6. The summed E-state index contributed by atoms with van der Waals surface area (Å²) in [4.78, 5) is 11.9. The van der Waals surface area contributed by atoms with Crippen LogP contribution in [-0.2, 0) is 4.79 Å². The van der Waals surface area contributed by atoms with E-state index in [1.807, 2.05) is 30.3 Å². The summed E-state index contributed by atoms with van der Waals surface area (Å²) in [7, 11) is 0. The molecular formula is C53H98O2. The normalized spacial score (nSPS) is 11.4. The standard InChI is InChI=1S/C53H98O2/c1-2-3-4-5-6-7-8-9-10-11-12-13-14-15-16-17-18-19-20-21-22-23-24-25-26-27-28-29-30-31-32-33-34-35-36-37-38-39-40-41-42-43-44-48-51-53(54)55-52-49-46-45-47-50-52/h45-47,49-50H,2-44,48,51H2,1H3. The molecule has 0 atom stereocenters. The number of unbranched alkanes of at least 4 members (excludes halogenated alkanes) is 43. The van der Waals surface area contributed by atoms with Crippen molar-refractivity contribution in [3.8, 4) is 5.75 Å². The van der Waals surface area contributed by atoms with Crippen molar-refractivity contribution in [3.63, 3.8) is 0 Å². The minimum Gasteiger partial charge on any atom is -0.427 e. The number of benzene rings is 1. The SMILES string of the molecule is CCCCCCCCCCCCCCCCCCCCCCCCCCCCCCCCCCCCCCCCCCCCCCC(=O)Oc1ccccc1. The fourth-order valence-corrected chi connectivity index (χ4v) is 8.44. The van der Waals surface area contributed by atoms with Gasteiger partial charge in [0.05, 0.1) is 0 Å². The summed E-state index contributed by atoms with van der Waals surface area (Å²) in [6.45, 7) is 2.31. The van der Waals surface area contributed by atoms with Gasteiger partial charge >= 0.3 is 5.97 Å². The van der Waals surface area contributed by atoms with Crippen molar-refractivity contribution in [1.29, 1.82) is 0 Å². The van der Waals surface area contributed by atoms with Crippen molar-refractivity contribution >= 4 is 5.97 Å². The Balaban J connectivity index is 1.61. The molecule has 0 aliphatic carbocycles. The summed E-state index contributed by atoms with van der Waals surface area (Å²) in [6.07, 6.45) is 63.8. The number of esters is 1. The molecule has 2 nitrogen and oxygen atoms in total. The fraction of sp³-hybridized carbons (Fsp3) is 0.868. The van der Waals surface area contributed by atoms with Crippen LogP contribution in [0.3, 0.4) is 0 Å². The molecule has 2 heteroatoms. The highest BCUT2D eigenvalue weighted by atomic mass is 16.5. The highest BCUT2D eigenvalue weighted by molar-refractivity contribution is 5.72. The lowest BCUT2D eigenvalue weighted by Gasteiger charge is -2.05. The van der Waals surface area contributed by atoms with Crippen LogP contribution in [0.2, 0.25) is 0 Å². The number of hydrogen-bond donors (Lipinski definition) is 0. The molecule has 0 aromatic heterocycles. The highest BCUT2D eigenvalue weighted by Gasteiger charge is 2.04. The molecule has 0 aliphatic heterocycles. The number of ether oxygens (including phenoxy) is 1. The lowest BCUT2D eigenvalue weighted by molar-refractivity contribution is -0.134. The molecule has 0 heterocycles. The van der Waals surface area contributed by atoms with Crippen molar-refractivity contribution in [3.05, 3.63) is 30.3 Å². The van der Waals surface area contributed by atoms with Crippen LogP contribution in [0.15, 0.2) is 30.3 Å². The van der Waals surface area contributed by atoms with Gasteiger partial charge in [-0.15, -0.1) is 0 Å². The van der Waals surface area contributed by atoms with Crippen LogP contribution in [0.1, 0.15) is 296 Å². The molecule has 0 bridgehead atoms. The predicted molar refractivity (Wildman–Crippen MR) is 246 cm³/mol. The van der Waals surface area contributed by atoms with Crippen molar-refractivity contribution in [2.75, 3.05) is 0 Å². The van der Waals surface area contributed by atoms with E-state index in [0.29, 0.717) is 12.2 Å². The molecular weight excluding hydrogens is 669 g/mol. The Kier molecular flexibility index (Phi) is 42.7. The highest BCUT2D eigenvalue weighted by Crippen LogP contribution is 2.19. The second kappa shape index (κ2) is 45.4. The van der Waals surface area contributed by atoms with Gasteiger partial charge < -0.3 is 4.74 Å². The van der Waals surface area contributed by atoms with Crippen molar-refractivity contribution in [2.45, 2.75) is 296 Å². The van der Waals surface area contributed by atoms with Gasteiger partial charge in [0.15, 0.2) is 0 Å². The van der Waals surface area contributed by atoms with E-state index in [4.69, 9.17) is 4.74 Å². The van der Waals surface area contributed by atoms with Crippen LogP contribution < -0.4 is 4.74 Å². The number of carbonyl (C=O) groups is 1. The first-order valence-corrected chi connectivity index (χ1v) is 25.6. The zero-order valence-electron chi connectivity index (χ0n) is 37.5. The summed E-state index contributed by atoms with van der Waals surface area (Å²) in [5.41, 5.74) is 0. The average Bonchev–Trinajstić information content (AvgIpc) is 3.20. The summed E-state index contributed by atoms with van der Waals surface area (Å²) in [5, 5.41) is 0. The van der Waals surface area contributed by atoms with E-state index < -0.39 is 0 Å². The van der Waals surface area contributed by atoms with Gasteiger partial charge in [-0.05, 0) is 18.6 Å². The zero-order chi connectivity index (χ0) is 39.2. The monoisotopic (exact) mass is 767 g/mol. The third-order valence-electron chi connectivity index (χ3n) is 12.2. The second-order valence-corrected chi connectivity index (χ2v) is 17.7. The van der Waals surface area contributed by atoms with E-state index in [0.717, 1.165) is 12.8 Å². The second-order valence-electron chi connectivity index (χ2n) is 17.7. The fourth-order valence-electron chi connectivity index (χ4n) is 8.44. The van der Waals surface area contributed by atoms with Gasteiger partial charge in [-0.2, -0.15) is 0 Å². The van der Waals surface area contributed by atoms with Crippen LogP contribution >= 0.6 is 0 Å². The lowest BCUT2D eigenvalue weighted by Crippen LogP contribution is -2.07. The molecule has 1 rings (SSSR count). The van der Waals surface area contributed by atoms with Crippen LogP contribution in [0.25, 0.3) is 0 Å². The van der Waals surface area contributed by atoms with Crippen molar-refractivity contribution in [1.82, 2.24) is 0 Å². The van der Waals surface area contributed by atoms with Gasteiger partial charge in [0, 0.05) is 6.42 Å². The van der Waals surface area contributed by atoms with E-state index in [1.165, 1.54) is 270 Å². The molecule has 0 amide bonds. The molecule has 0 saturated heterocycles. The van der Waals surface area contributed by atoms with Crippen LogP contribution in [0.5, 0.6) is 5.75 Å². The molecule has 0 saturated carbocycles. The largest absolute Gasteiger partial charge is 0.427 e. The van der Waals surface area contributed by atoms with Crippen molar-refractivity contribution < 1.29 is 9.53 Å². The van der Waals surface area contributed by atoms with E-state index in [2.05, 4.69) is 6.92 Å². The Bertz CT molecular complexity index is 849. The molecule has 1 aromatic carbocycles. The Hall–Kier alpha value is -1.31. The molecule has 0 radical (unpaired) electrons. The van der Waals surface area contributed by atoms with E-state index >= 15 is 0 Å². The smallest absolute Gasteiger partial charge is 0.311 e. The Morgan fingerprint density at radius 2 is 0.509 bits per heavy atom. The van der Waals surface area contributed by atoms with Gasteiger partial charge in [0.25, 0.3) is 0 Å². The van der Waals surface area contributed by atoms with Gasteiger partial charge in [-0.25, -0.2) is 0 Å². The maximum atomic E-state index is 11.9. The number of carbonyl (C=O) groups excluding carboxylic acids is 1. The van der Waals surface area contributed by atoms with Gasteiger partial charge in [-0.1, -0.05) is 301 Å². The molecule has 0 aliphatic rings. The molecule has 0 N–H and O–H groups in total. The maximum absolute atomic E-state index is 11.9. The molecule has 322 valence electrons. The van der Waals surface area contributed by atoms with E-state index in [1.54, 1.807) is 0 Å². The first-order chi connectivity index (χ1) is 27.3. The Labute approximate surface area is 346 Å². The predicted octanol–water partition coefficient (Wildman–Crippen LogP) is 19.2. The van der Waals surface area contributed by atoms with Crippen LogP contribution in [0, 0.1) is 0 Å². The summed E-state index contributed by atoms with van der Waals surface area (Å²) in [6, 6.07) is 9.41. The van der Waals surface area contributed by atoms with Gasteiger partial charge in [0.1, 0.15) is 5.75 Å². The number of rotatable bonds is 46. The molecule has 1 aromatic rings. The third-order valence-corrected chi connectivity index (χ3v) is 12.2. The average molecular weight is 767 g/mol.